The number of halogens is 1. The van der Waals surface area contributed by atoms with Gasteiger partial charge in [-0.1, -0.05) is 11.6 Å². The van der Waals surface area contributed by atoms with Crippen LogP contribution in [-0.2, 0) is 4.79 Å². The Hall–Kier alpha value is -3.43. The second-order valence-electron chi connectivity index (χ2n) is 8.13. The molecule has 0 atom stereocenters. The van der Waals surface area contributed by atoms with Crippen molar-refractivity contribution in [3.8, 4) is 17.1 Å². The number of hydrogen-bond donors (Lipinski definition) is 1. The monoisotopic (exact) mass is 495 g/mol. The molecule has 1 fully saturated rings. The van der Waals surface area contributed by atoms with Gasteiger partial charge in [-0.3, -0.25) is 9.59 Å². The Balaban J connectivity index is 1.31. The van der Waals surface area contributed by atoms with Gasteiger partial charge in [-0.05, 0) is 56.2 Å². The van der Waals surface area contributed by atoms with E-state index in [1.165, 1.54) is 11.3 Å². The molecular weight excluding hydrogens is 474 g/mol. The zero-order valence-corrected chi connectivity index (χ0v) is 20.0. The standard InChI is InChI=1S/C24H22ClN5O3S/c1-15-14-34-24(26-15)27-22(31)16-8-10-29(11-9-16)23(32)19-13-20(21-3-2-12-33-21)30(28-19)18-6-4-17(25)5-7-18/h2-7,12-14,16H,8-11H2,1H3,(H,26,27,31). The molecule has 5 rings (SSSR count). The Kier molecular flexibility index (Phi) is 6.21. The first kappa shape index (κ1) is 22.4. The minimum atomic E-state index is -0.171. The SMILES string of the molecule is Cc1csc(NC(=O)C2CCN(C(=O)c3cc(-c4ccco4)n(-c4ccc(Cl)cc4)n3)CC2)n1. The lowest BCUT2D eigenvalue weighted by atomic mass is 9.96. The van der Waals surface area contributed by atoms with Gasteiger partial charge in [0.25, 0.3) is 5.91 Å². The Morgan fingerprint density at radius 2 is 1.94 bits per heavy atom. The van der Waals surface area contributed by atoms with Crippen molar-refractivity contribution < 1.29 is 14.0 Å². The highest BCUT2D eigenvalue weighted by Gasteiger charge is 2.30. The number of aromatic nitrogens is 3. The number of amides is 2. The van der Waals surface area contributed by atoms with E-state index in [0.29, 0.717) is 53.2 Å². The third-order valence-electron chi connectivity index (χ3n) is 5.78. The van der Waals surface area contributed by atoms with Gasteiger partial charge >= 0.3 is 0 Å². The summed E-state index contributed by atoms with van der Waals surface area (Å²) in [7, 11) is 0. The molecule has 8 nitrogen and oxygen atoms in total. The molecule has 0 radical (unpaired) electrons. The summed E-state index contributed by atoms with van der Waals surface area (Å²) in [5, 5.41) is 10.6. The summed E-state index contributed by atoms with van der Waals surface area (Å²) in [5.74, 6) is 0.233. The highest BCUT2D eigenvalue weighted by molar-refractivity contribution is 7.13. The van der Waals surface area contributed by atoms with Crippen LogP contribution in [0.4, 0.5) is 5.13 Å². The normalized spacial score (nSPS) is 14.4. The first-order chi connectivity index (χ1) is 16.5. The van der Waals surface area contributed by atoms with Crippen molar-refractivity contribution in [1.29, 1.82) is 0 Å². The van der Waals surface area contributed by atoms with E-state index in [0.717, 1.165) is 11.4 Å². The molecule has 10 heteroatoms. The predicted octanol–water partition coefficient (Wildman–Crippen LogP) is 5.04. The van der Waals surface area contributed by atoms with Crippen LogP contribution in [0.3, 0.4) is 0 Å². The van der Waals surface area contributed by atoms with Crippen molar-refractivity contribution in [1.82, 2.24) is 19.7 Å². The number of thiazole rings is 1. The summed E-state index contributed by atoms with van der Waals surface area (Å²) in [6, 6.07) is 12.6. The van der Waals surface area contributed by atoms with E-state index < -0.39 is 0 Å². The van der Waals surface area contributed by atoms with Gasteiger partial charge in [-0.15, -0.1) is 11.3 Å². The number of nitrogens with zero attached hydrogens (tertiary/aromatic N) is 4. The van der Waals surface area contributed by atoms with Gasteiger partial charge in [-0.2, -0.15) is 5.10 Å². The fourth-order valence-electron chi connectivity index (χ4n) is 3.99. The van der Waals surface area contributed by atoms with Crippen molar-refractivity contribution in [2.45, 2.75) is 19.8 Å². The van der Waals surface area contributed by atoms with Crippen molar-refractivity contribution in [2.75, 3.05) is 18.4 Å². The highest BCUT2D eigenvalue weighted by Crippen LogP contribution is 2.27. The first-order valence-corrected chi connectivity index (χ1v) is 12.2. The number of furan rings is 1. The molecule has 0 unspecified atom stereocenters. The maximum absolute atomic E-state index is 13.3. The van der Waals surface area contributed by atoms with E-state index in [1.807, 2.05) is 30.5 Å². The molecule has 34 heavy (non-hydrogen) atoms. The molecule has 1 aliphatic rings. The van der Waals surface area contributed by atoms with Crippen LogP contribution in [0, 0.1) is 12.8 Å². The minimum absolute atomic E-state index is 0.0476. The topological polar surface area (TPSA) is 93.3 Å². The molecule has 3 aromatic heterocycles. The number of hydrogen-bond acceptors (Lipinski definition) is 6. The predicted molar refractivity (Wildman–Crippen MR) is 130 cm³/mol. The Morgan fingerprint density at radius 1 is 1.18 bits per heavy atom. The Bertz CT molecular complexity index is 1300. The van der Waals surface area contributed by atoms with Gasteiger partial charge in [0.2, 0.25) is 5.91 Å². The van der Waals surface area contributed by atoms with Gasteiger partial charge in [0, 0.05) is 35.5 Å². The number of aryl methyl sites for hydroxylation is 1. The molecule has 0 aliphatic carbocycles. The molecule has 4 heterocycles. The van der Waals surface area contributed by atoms with Crippen LogP contribution in [-0.4, -0.2) is 44.6 Å². The van der Waals surface area contributed by atoms with Crippen LogP contribution in [0.1, 0.15) is 29.0 Å². The van der Waals surface area contributed by atoms with E-state index in [9.17, 15) is 9.59 Å². The molecule has 1 aliphatic heterocycles. The van der Waals surface area contributed by atoms with Crippen LogP contribution in [0.25, 0.3) is 17.1 Å². The van der Waals surface area contributed by atoms with Crippen molar-refractivity contribution in [3.05, 3.63) is 70.5 Å². The number of likely N-dealkylation sites (tertiary alicyclic amines) is 1. The van der Waals surface area contributed by atoms with Gasteiger partial charge < -0.3 is 14.6 Å². The van der Waals surface area contributed by atoms with Crippen LogP contribution >= 0.6 is 22.9 Å². The average molecular weight is 496 g/mol. The Morgan fingerprint density at radius 3 is 2.59 bits per heavy atom. The molecule has 1 aromatic carbocycles. The van der Waals surface area contributed by atoms with E-state index in [1.54, 1.807) is 40.1 Å². The van der Waals surface area contributed by atoms with Crippen LogP contribution in [0.5, 0.6) is 0 Å². The summed E-state index contributed by atoms with van der Waals surface area (Å²) in [6.07, 6.45) is 2.76. The largest absolute Gasteiger partial charge is 0.463 e. The molecule has 0 saturated carbocycles. The zero-order valence-electron chi connectivity index (χ0n) is 18.4. The Labute approximate surface area is 205 Å². The van der Waals surface area contributed by atoms with E-state index in [4.69, 9.17) is 16.0 Å². The molecule has 174 valence electrons. The summed E-state index contributed by atoms with van der Waals surface area (Å²) in [4.78, 5) is 31.9. The maximum Gasteiger partial charge on any atom is 0.274 e. The highest BCUT2D eigenvalue weighted by atomic mass is 35.5. The third-order valence-corrected chi connectivity index (χ3v) is 6.90. The van der Waals surface area contributed by atoms with E-state index in [-0.39, 0.29) is 17.7 Å². The third kappa shape index (κ3) is 4.62. The average Bonchev–Trinajstić information content (AvgIpc) is 3.60. The van der Waals surface area contributed by atoms with Crippen molar-refractivity contribution in [2.24, 2.45) is 5.92 Å². The number of piperidine rings is 1. The van der Waals surface area contributed by atoms with Gasteiger partial charge in [0.15, 0.2) is 16.6 Å². The summed E-state index contributed by atoms with van der Waals surface area (Å²) in [5.41, 5.74) is 2.64. The first-order valence-electron chi connectivity index (χ1n) is 10.9. The zero-order chi connectivity index (χ0) is 23.7. The van der Waals surface area contributed by atoms with Gasteiger partial charge in [-0.25, -0.2) is 9.67 Å². The number of anilines is 1. The summed E-state index contributed by atoms with van der Waals surface area (Å²) < 4.78 is 7.25. The summed E-state index contributed by atoms with van der Waals surface area (Å²) >= 11 is 7.45. The molecule has 1 N–H and O–H groups in total. The number of nitrogens with one attached hydrogen (secondary N) is 1. The number of rotatable bonds is 5. The molecule has 1 saturated heterocycles. The van der Waals surface area contributed by atoms with Crippen molar-refractivity contribution in [3.63, 3.8) is 0 Å². The van der Waals surface area contributed by atoms with E-state index >= 15 is 0 Å². The number of benzene rings is 1. The lowest BCUT2D eigenvalue weighted by Gasteiger charge is -2.30. The van der Waals surface area contributed by atoms with Gasteiger partial charge in [0.1, 0.15) is 5.69 Å². The second-order valence-corrected chi connectivity index (χ2v) is 9.42. The fraction of sp³-hybridized carbons (Fsp3) is 0.250. The quantitative estimate of drug-likeness (QED) is 0.418. The molecule has 2 amide bonds. The van der Waals surface area contributed by atoms with Gasteiger partial charge in [0.05, 0.1) is 17.6 Å². The summed E-state index contributed by atoms with van der Waals surface area (Å²) in [6.45, 7) is 2.86. The smallest absolute Gasteiger partial charge is 0.274 e. The van der Waals surface area contributed by atoms with Crippen LogP contribution in [0.2, 0.25) is 5.02 Å². The van der Waals surface area contributed by atoms with Crippen molar-refractivity contribution >= 4 is 39.9 Å². The molecular formula is C24H22ClN5O3S. The van der Waals surface area contributed by atoms with Crippen LogP contribution in [0.15, 0.2) is 58.5 Å². The number of carbonyl (C=O) groups is 2. The molecule has 4 aromatic rings. The fourth-order valence-corrected chi connectivity index (χ4v) is 4.81. The lowest BCUT2D eigenvalue weighted by Crippen LogP contribution is -2.41. The maximum atomic E-state index is 13.3. The molecule has 0 spiro atoms. The molecule has 0 bridgehead atoms. The van der Waals surface area contributed by atoms with E-state index in [2.05, 4.69) is 15.4 Å². The number of carbonyl (C=O) groups excluding carboxylic acids is 2. The van der Waals surface area contributed by atoms with Crippen LogP contribution < -0.4 is 5.32 Å². The lowest BCUT2D eigenvalue weighted by molar-refractivity contribution is -0.121. The minimum Gasteiger partial charge on any atom is -0.463 e. The second kappa shape index (κ2) is 9.44.